The van der Waals surface area contributed by atoms with Crippen LogP contribution >= 0.6 is 12.2 Å². The molecule has 0 radical (unpaired) electrons. The van der Waals surface area contributed by atoms with Crippen LogP contribution in [0.3, 0.4) is 0 Å². The second kappa shape index (κ2) is 9.43. The van der Waals surface area contributed by atoms with Crippen molar-refractivity contribution in [3.8, 4) is 0 Å². The molecular weight excluding hydrogens is 370 g/mol. The van der Waals surface area contributed by atoms with Gasteiger partial charge in [0.25, 0.3) is 0 Å². The number of anilines is 1. The van der Waals surface area contributed by atoms with E-state index < -0.39 is 10.0 Å². The largest absolute Gasteiger partial charge is 0.332 e. The Kier molecular flexibility index (Phi) is 7.55. The number of nitrogens with one attached hydrogen (secondary N) is 3. The van der Waals surface area contributed by atoms with Crippen LogP contribution < -0.4 is 15.4 Å². The zero-order chi connectivity index (χ0) is 19.2. The molecule has 0 saturated heterocycles. The lowest BCUT2D eigenvalue weighted by Gasteiger charge is -2.21. The topological polar surface area (TPSA) is 87.3 Å². The Labute approximate surface area is 161 Å². The summed E-state index contributed by atoms with van der Waals surface area (Å²) in [5, 5.41) is 5.88. The normalized spacial score (nSPS) is 16.7. The van der Waals surface area contributed by atoms with E-state index in [1.54, 1.807) is 12.1 Å². The molecule has 1 aliphatic rings. The number of rotatable bonds is 6. The Hall–Kier alpha value is -1.51. The van der Waals surface area contributed by atoms with Crippen molar-refractivity contribution in [2.75, 3.05) is 5.32 Å². The summed E-state index contributed by atoms with van der Waals surface area (Å²) in [5.74, 6) is -0.0122. The summed E-state index contributed by atoms with van der Waals surface area (Å²) in [6, 6.07) is 6.16. The van der Waals surface area contributed by atoms with Gasteiger partial charge in [-0.1, -0.05) is 26.2 Å². The average molecular weight is 398 g/mol. The Morgan fingerprint density at radius 2 is 1.81 bits per heavy atom. The molecule has 1 unspecified atom stereocenters. The molecule has 8 heteroatoms. The molecule has 1 aromatic rings. The molecule has 0 bridgehead atoms. The third-order valence-corrected chi connectivity index (χ3v) is 6.41. The molecule has 1 saturated carbocycles. The summed E-state index contributed by atoms with van der Waals surface area (Å²) in [7, 11) is -3.53. The van der Waals surface area contributed by atoms with Crippen molar-refractivity contribution in [2.24, 2.45) is 5.92 Å². The van der Waals surface area contributed by atoms with Crippen molar-refractivity contribution in [3.05, 3.63) is 24.3 Å². The first-order valence-corrected chi connectivity index (χ1v) is 10.9. The van der Waals surface area contributed by atoms with Gasteiger partial charge in [-0.25, -0.2) is 13.1 Å². The molecule has 2 rings (SSSR count). The van der Waals surface area contributed by atoms with E-state index in [1.165, 1.54) is 18.6 Å². The zero-order valence-corrected chi connectivity index (χ0v) is 16.9. The number of sulfonamides is 1. The van der Waals surface area contributed by atoms with E-state index in [1.807, 2.05) is 13.8 Å². The standard InChI is InChI=1S/C18H27N3O3S2/c1-3-13(2)21-26(23,24)16-11-9-15(10-12-16)19-18(25)20-17(22)14-7-5-4-6-8-14/h9-14,21H,3-8H2,1-2H3,(H2,19,20,22,25). The first-order chi connectivity index (χ1) is 12.3. The minimum Gasteiger partial charge on any atom is -0.332 e. The van der Waals surface area contributed by atoms with Crippen molar-refractivity contribution in [3.63, 3.8) is 0 Å². The van der Waals surface area contributed by atoms with Crippen molar-refractivity contribution >= 4 is 38.9 Å². The number of amides is 1. The Balaban J connectivity index is 1.91. The smallest absolute Gasteiger partial charge is 0.240 e. The summed E-state index contributed by atoms with van der Waals surface area (Å²) in [6.45, 7) is 3.74. The van der Waals surface area contributed by atoms with Gasteiger partial charge in [0.15, 0.2) is 5.11 Å². The summed E-state index contributed by atoms with van der Waals surface area (Å²) < 4.78 is 27.1. The lowest BCUT2D eigenvalue weighted by Crippen LogP contribution is -2.39. The van der Waals surface area contributed by atoms with Crippen molar-refractivity contribution in [1.82, 2.24) is 10.0 Å². The second-order valence-corrected chi connectivity index (χ2v) is 8.86. The SMILES string of the molecule is CCC(C)NS(=O)(=O)c1ccc(NC(=S)NC(=O)C2CCCCC2)cc1. The fourth-order valence-corrected chi connectivity index (χ4v) is 4.42. The summed E-state index contributed by atoms with van der Waals surface area (Å²) >= 11 is 5.19. The highest BCUT2D eigenvalue weighted by atomic mass is 32.2. The quantitative estimate of drug-likeness (QED) is 0.642. The van der Waals surface area contributed by atoms with Crippen LogP contribution in [0.1, 0.15) is 52.4 Å². The van der Waals surface area contributed by atoms with E-state index in [4.69, 9.17) is 12.2 Å². The number of carbonyl (C=O) groups excluding carboxylic acids is 1. The van der Waals surface area contributed by atoms with Crippen LogP contribution in [-0.4, -0.2) is 25.5 Å². The zero-order valence-electron chi connectivity index (χ0n) is 15.2. The van der Waals surface area contributed by atoms with Gasteiger partial charge in [0.1, 0.15) is 0 Å². The number of benzene rings is 1. The molecular formula is C18H27N3O3S2. The van der Waals surface area contributed by atoms with Gasteiger partial charge < -0.3 is 10.6 Å². The van der Waals surface area contributed by atoms with Crippen LogP contribution in [-0.2, 0) is 14.8 Å². The fourth-order valence-electron chi connectivity index (χ4n) is 2.87. The minimum absolute atomic E-state index is 0.0302. The van der Waals surface area contributed by atoms with Crippen LogP contribution in [0, 0.1) is 5.92 Å². The molecule has 0 spiro atoms. The predicted molar refractivity (Wildman–Crippen MR) is 107 cm³/mol. The van der Waals surface area contributed by atoms with E-state index in [2.05, 4.69) is 15.4 Å². The Morgan fingerprint density at radius 1 is 1.19 bits per heavy atom. The summed E-state index contributed by atoms with van der Waals surface area (Å²) in [6.07, 6.45) is 5.88. The molecule has 0 aromatic heterocycles. The Bertz CT molecular complexity index is 727. The molecule has 26 heavy (non-hydrogen) atoms. The molecule has 0 aliphatic heterocycles. The van der Waals surface area contributed by atoms with Crippen LogP contribution in [0.2, 0.25) is 0 Å². The van der Waals surface area contributed by atoms with Crippen LogP contribution in [0.15, 0.2) is 29.2 Å². The molecule has 1 amide bonds. The van der Waals surface area contributed by atoms with E-state index >= 15 is 0 Å². The predicted octanol–water partition coefficient (Wildman–Crippen LogP) is 3.16. The van der Waals surface area contributed by atoms with Crippen molar-refractivity contribution in [1.29, 1.82) is 0 Å². The van der Waals surface area contributed by atoms with Gasteiger partial charge in [0, 0.05) is 17.6 Å². The van der Waals surface area contributed by atoms with Crippen LogP contribution in [0.4, 0.5) is 5.69 Å². The van der Waals surface area contributed by atoms with Gasteiger partial charge in [0.2, 0.25) is 15.9 Å². The highest BCUT2D eigenvalue weighted by molar-refractivity contribution is 7.89. The lowest BCUT2D eigenvalue weighted by molar-refractivity contribution is -0.124. The third kappa shape index (κ3) is 6.03. The highest BCUT2D eigenvalue weighted by Crippen LogP contribution is 2.23. The highest BCUT2D eigenvalue weighted by Gasteiger charge is 2.22. The van der Waals surface area contributed by atoms with Gasteiger partial charge in [0.05, 0.1) is 4.90 Å². The number of thiocarbonyl (C=S) groups is 1. The van der Waals surface area contributed by atoms with E-state index in [0.717, 1.165) is 25.7 Å². The molecule has 1 atom stereocenters. The van der Waals surface area contributed by atoms with Crippen molar-refractivity contribution < 1.29 is 13.2 Å². The molecule has 6 nitrogen and oxygen atoms in total. The maximum Gasteiger partial charge on any atom is 0.240 e. The van der Waals surface area contributed by atoms with E-state index in [-0.39, 0.29) is 27.9 Å². The molecule has 1 fully saturated rings. The van der Waals surface area contributed by atoms with Gasteiger partial charge in [-0.3, -0.25) is 4.79 Å². The molecule has 1 aliphatic carbocycles. The number of carbonyl (C=O) groups is 1. The monoisotopic (exact) mass is 397 g/mol. The van der Waals surface area contributed by atoms with Crippen LogP contribution in [0.5, 0.6) is 0 Å². The molecule has 0 heterocycles. The maximum absolute atomic E-state index is 12.2. The molecule has 1 aromatic carbocycles. The summed E-state index contributed by atoms with van der Waals surface area (Å²) in [5.41, 5.74) is 0.626. The number of hydrogen-bond acceptors (Lipinski definition) is 4. The second-order valence-electron chi connectivity index (χ2n) is 6.73. The van der Waals surface area contributed by atoms with Gasteiger partial charge in [-0.15, -0.1) is 0 Å². The van der Waals surface area contributed by atoms with Crippen molar-refractivity contribution in [2.45, 2.75) is 63.3 Å². The first-order valence-electron chi connectivity index (χ1n) is 9.06. The maximum atomic E-state index is 12.2. The van der Waals surface area contributed by atoms with E-state index in [9.17, 15) is 13.2 Å². The van der Waals surface area contributed by atoms with Gasteiger partial charge in [-0.2, -0.15) is 0 Å². The molecule has 3 N–H and O–H groups in total. The minimum atomic E-state index is -3.53. The Morgan fingerprint density at radius 3 is 2.38 bits per heavy atom. The lowest BCUT2D eigenvalue weighted by atomic mass is 9.89. The molecule has 144 valence electrons. The fraction of sp³-hybridized carbons (Fsp3) is 0.556. The van der Waals surface area contributed by atoms with Gasteiger partial charge >= 0.3 is 0 Å². The summed E-state index contributed by atoms with van der Waals surface area (Å²) in [4.78, 5) is 12.4. The first kappa shape index (κ1) is 20.8. The van der Waals surface area contributed by atoms with Gasteiger partial charge in [-0.05, 0) is 62.7 Å². The average Bonchev–Trinajstić information content (AvgIpc) is 2.62. The third-order valence-electron chi connectivity index (χ3n) is 4.60. The number of hydrogen-bond donors (Lipinski definition) is 3. The van der Waals surface area contributed by atoms with Crippen LogP contribution in [0.25, 0.3) is 0 Å². The van der Waals surface area contributed by atoms with E-state index in [0.29, 0.717) is 12.1 Å².